The van der Waals surface area contributed by atoms with Crippen LogP contribution in [0.2, 0.25) is 5.02 Å². The topological polar surface area (TPSA) is 101 Å². The van der Waals surface area contributed by atoms with E-state index < -0.39 is 6.10 Å². The number of benzene rings is 1. The summed E-state index contributed by atoms with van der Waals surface area (Å²) in [6.07, 6.45) is 0.0442. The van der Waals surface area contributed by atoms with Crippen LogP contribution in [-0.2, 0) is 0 Å². The molecule has 0 saturated carbocycles. The van der Waals surface area contributed by atoms with Crippen LogP contribution in [0.3, 0.4) is 0 Å². The van der Waals surface area contributed by atoms with Gasteiger partial charge in [-0.2, -0.15) is 5.10 Å². The van der Waals surface area contributed by atoms with Crippen molar-refractivity contribution in [1.29, 1.82) is 0 Å². The van der Waals surface area contributed by atoms with Gasteiger partial charge in [-0.1, -0.05) is 17.7 Å². The smallest absolute Gasteiger partial charge is 0.233 e. The van der Waals surface area contributed by atoms with Gasteiger partial charge in [-0.3, -0.25) is 5.43 Å². The zero-order chi connectivity index (χ0) is 22.9. The van der Waals surface area contributed by atoms with Gasteiger partial charge >= 0.3 is 0 Å². The summed E-state index contributed by atoms with van der Waals surface area (Å²) in [5.41, 5.74) is 4.51. The third-order valence-corrected chi connectivity index (χ3v) is 4.66. The molecule has 1 aromatic carbocycles. The average molecular weight is 450 g/mol. The molecular weight excluding hydrogens is 418 g/mol. The Balaban J connectivity index is 1.70. The second-order valence-corrected chi connectivity index (χ2v) is 8.60. The van der Waals surface area contributed by atoms with Gasteiger partial charge in [0.25, 0.3) is 0 Å². The number of aryl methyl sites for hydroxylation is 1. The number of aromatic nitrogens is 2. The molecule has 3 N–H and O–H groups in total. The van der Waals surface area contributed by atoms with Gasteiger partial charge in [0.1, 0.15) is 18.5 Å². The molecule has 1 heterocycles. The highest BCUT2D eigenvalue weighted by atomic mass is 35.5. The first-order chi connectivity index (χ1) is 14.6. The molecular formula is C22H32ClN5O3. The Kier molecular flexibility index (Phi) is 9.48. The highest BCUT2D eigenvalue weighted by Crippen LogP contribution is 2.25. The lowest BCUT2D eigenvalue weighted by Crippen LogP contribution is -2.45. The zero-order valence-electron chi connectivity index (χ0n) is 18.8. The second kappa shape index (κ2) is 11.8. The third kappa shape index (κ3) is 9.50. The largest absolute Gasteiger partial charge is 0.489 e. The minimum atomic E-state index is -0.669. The molecule has 0 fully saturated rings. The molecule has 31 heavy (non-hydrogen) atoms. The number of rotatable bonds is 12. The van der Waals surface area contributed by atoms with E-state index in [9.17, 15) is 5.11 Å². The summed E-state index contributed by atoms with van der Waals surface area (Å²) in [4.78, 5) is 0. The summed E-state index contributed by atoms with van der Waals surface area (Å²) < 4.78 is 11.3. The number of hydrogen-bond donors (Lipinski definition) is 3. The van der Waals surface area contributed by atoms with E-state index in [2.05, 4.69) is 26.0 Å². The van der Waals surface area contributed by atoms with Gasteiger partial charge in [0.2, 0.25) is 5.88 Å². The van der Waals surface area contributed by atoms with Crippen LogP contribution >= 0.6 is 11.6 Å². The van der Waals surface area contributed by atoms with Crippen molar-refractivity contribution in [2.75, 3.05) is 25.2 Å². The molecule has 1 aromatic heterocycles. The Morgan fingerprint density at radius 2 is 1.97 bits per heavy atom. The van der Waals surface area contributed by atoms with E-state index in [0.29, 0.717) is 42.0 Å². The molecule has 170 valence electrons. The third-order valence-electron chi connectivity index (χ3n) is 4.35. The maximum Gasteiger partial charge on any atom is 0.233 e. The van der Waals surface area contributed by atoms with Gasteiger partial charge in [-0.25, -0.2) is 0 Å². The molecule has 0 radical (unpaired) electrons. The number of aliphatic hydroxyl groups is 1. The van der Waals surface area contributed by atoms with Crippen LogP contribution in [0.4, 0.5) is 5.82 Å². The van der Waals surface area contributed by atoms with Gasteiger partial charge < -0.3 is 19.9 Å². The SMILES string of the molecule is CC(C)=NNc1ccc(OCCC(C)(C)NCC(O)COc2cc(C)ccc2Cl)nn1. The summed E-state index contributed by atoms with van der Waals surface area (Å²) in [6.45, 7) is 10.8. The molecule has 0 aliphatic heterocycles. The molecule has 1 unspecified atom stereocenters. The van der Waals surface area contributed by atoms with E-state index in [1.54, 1.807) is 18.2 Å². The van der Waals surface area contributed by atoms with Gasteiger partial charge in [0.15, 0.2) is 5.82 Å². The van der Waals surface area contributed by atoms with Crippen molar-refractivity contribution in [1.82, 2.24) is 15.5 Å². The van der Waals surface area contributed by atoms with Crippen LogP contribution in [-0.4, -0.2) is 52.4 Å². The number of hydrogen-bond acceptors (Lipinski definition) is 8. The Labute approximate surface area is 189 Å². The number of ether oxygens (including phenoxy) is 2. The summed E-state index contributed by atoms with van der Waals surface area (Å²) in [5.74, 6) is 1.58. The number of anilines is 1. The van der Waals surface area contributed by atoms with E-state index in [-0.39, 0.29) is 12.1 Å². The lowest BCUT2D eigenvalue weighted by molar-refractivity contribution is 0.0964. The van der Waals surface area contributed by atoms with Gasteiger partial charge in [0.05, 0.1) is 11.6 Å². The summed E-state index contributed by atoms with van der Waals surface area (Å²) in [6, 6.07) is 9.06. The minimum Gasteiger partial charge on any atom is -0.489 e. The van der Waals surface area contributed by atoms with Crippen LogP contribution in [0, 0.1) is 6.92 Å². The van der Waals surface area contributed by atoms with Gasteiger partial charge in [-0.05, 0) is 64.8 Å². The number of β-amino-alcohol motifs (C(OH)–C–C–N with tert-alkyl or cyclic N) is 1. The first kappa shape index (κ1) is 24.8. The van der Waals surface area contributed by atoms with E-state index in [1.807, 2.05) is 46.8 Å². The van der Waals surface area contributed by atoms with Crippen molar-refractivity contribution in [2.24, 2.45) is 5.10 Å². The van der Waals surface area contributed by atoms with Crippen molar-refractivity contribution in [3.05, 3.63) is 40.9 Å². The van der Waals surface area contributed by atoms with Crippen molar-refractivity contribution in [3.63, 3.8) is 0 Å². The molecule has 1 atom stereocenters. The minimum absolute atomic E-state index is 0.153. The molecule has 0 bridgehead atoms. The standard InChI is InChI=1S/C22H32ClN5O3/c1-15(2)25-26-20-8-9-21(28-27-20)30-11-10-22(4,5)24-13-17(29)14-31-19-12-16(3)6-7-18(19)23/h6-9,12,17,24,29H,10-11,13-14H2,1-5H3,(H,26,27). The maximum absolute atomic E-state index is 10.2. The first-order valence-electron chi connectivity index (χ1n) is 10.2. The fraction of sp³-hybridized carbons (Fsp3) is 0.500. The van der Waals surface area contributed by atoms with Crippen LogP contribution in [0.15, 0.2) is 35.4 Å². The predicted octanol–water partition coefficient (Wildman–Crippen LogP) is 3.82. The molecule has 8 nitrogen and oxygen atoms in total. The maximum atomic E-state index is 10.2. The Bertz CT molecular complexity index is 855. The van der Waals surface area contributed by atoms with Gasteiger partial charge in [0, 0.05) is 23.9 Å². The number of aliphatic hydroxyl groups excluding tert-OH is 1. The molecule has 0 spiro atoms. The fourth-order valence-electron chi connectivity index (χ4n) is 2.49. The van der Waals surface area contributed by atoms with Crippen molar-refractivity contribution < 1.29 is 14.6 Å². The quantitative estimate of drug-likeness (QED) is 0.334. The average Bonchev–Trinajstić information content (AvgIpc) is 2.72. The van der Waals surface area contributed by atoms with Crippen LogP contribution in [0.5, 0.6) is 11.6 Å². The zero-order valence-corrected chi connectivity index (χ0v) is 19.5. The number of nitrogens with zero attached hydrogens (tertiary/aromatic N) is 3. The Morgan fingerprint density at radius 1 is 1.19 bits per heavy atom. The van der Waals surface area contributed by atoms with Crippen molar-refractivity contribution >= 4 is 23.1 Å². The van der Waals surface area contributed by atoms with E-state index >= 15 is 0 Å². The number of hydrazone groups is 1. The Morgan fingerprint density at radius 3 is 2.65 bits per heavy atom. The normalized spacial score (nSPS) is 12.2. The summed E-state index contributed by atoms with van der Waals surface area (Å²) in [7, 11) is 0. The lowest BCUT2D eigenvalue weighted by Gasteiger charge is -2.27. The van der Waals surface area contributed by atoms with Crippen molar-refractivity contribution in [3.8, 4) is 11.6 Å². The highest BCUT2D eigenvalue weighted by Gasteiger charge is 2.19. The fourth-order valence-corrected chi connectivity index (χ4v) is 2.66. The molecule has 2 aromatic rings. The number of halogens is 1. The Hall–Kier alpha value is -2.42. The molecule has 2 rings (SSSR count). The van der Waals surface area contributed by atoms with E-state index in [4.69, 9.17) is 21.1 Å². The van der Waals surface area contributed by atoms with E-state index in [1.165, 1.54) is 0 Å². The van der Waals surface area contributed by atoms with Gasteiger partial charge in [-0.15, -0.1) is 10.2 Å². The highest BCUT2D eigenvalue weighted by molar-refractivity contribution is 6.32. The molecule has 0 aliphatic rings. The van der Waals surface area contributed by atoms with E-state index in [0.717, 1.165) is 11.3 Å². The molecule has 9 heteroatoms. The second-order valence-electron chi connectivity index (χ2n) is 8.19. The molecule has 0 aliphatic carbocycles. The summed E-state index contributed by atoms with van der Waals surface area (Å²) >= 11 is 6.12. The van der Waals surface area contributed by atoms with Crippen molar-refractivity contribution in [2.45, 2.75) is 52.7 Å². The lowest BCUT2D eigenvalue weighted by atomic mass is 10.0. The van der Waals surface area contributed by atoms with Crippen LogP contribution < -0.4 is 20.2 Å². The number of nitrogens with one attached hydrogen (secondary N) is 2. The monoisotopic (exact) mass is 449 g/mol. The molecule has 0 amide bonds. The summed E-state index contributed by atoms with van der Waals surface area (Å²) in [5, 5.41) is 26.2. The predicted molar refractivity (Wildman–Crippen MR) is 124 cm³/mol. The molecule has 0 saturated heterocycles. The van der Waals surface area contributed by atoms with Crippen LogP contribution in [0.25, 0.3) is 0 Å². The first-order valence-corrected chi connectivity index (χ1v) is 10.6. The van der Waals surface area contributed by atoms with Crippen LogP contribution in [0.1, 0.15) is 39.7 Å².